The maximum absolute atomic E-state index is 12.7. The molecule has 2 aromatic carbocycles. The lowest BCUT2D eigenvalue weighted by Gasteiger charge is -2.33. The van der Waals surface area contributed by atoms with Gasteiger partial charge < -0.3 is 10.2 Å². The third-order valence-corrected chi connectivity index (χ3v) is 5.29. The van der Waals surface area contributed by atoms with Gasteiger partial charge >= 0.3 is 0 Å². The van der Waals surface area contributed by atoms with Crippen molar-refractivity contribution in [3.8, 4) is 0 Å². The largest absolute Gasteiger partial charge is 0.349 e. The van der Waals surface area contributed by atoms with Crippen LogP contribution in [-0.2, 0) is 16.0 Å². The number of nitrogens with zero attached hydrogens (tertiary/aromatic N) is 1. The van der Waals surface area contributed by atoms with Gasteiger partial charge in [0.1, 0.15) is 0 Å². The van der Waals surface area contributed by atoms with Gasteiger partial charge in [-0.2, -0.15) is 0 Å². The number of likely N-dealkylation sites (tertiary alicyclic amines) is 1. The van der Waals surface area contributed by atoms with Gasteiger partial charge in [0.15, 0.2) is 0 Å². The van der Waals surface area contributed by atoms with Crippen molar-refractivity contribution in [1.29, 1.82) is 0 Å². The molecule has 1 heterocycles. The summed E-state index contributed by atoms with van der Waals surface area (Å²) in [4.78, 5) is 27.1. The molecule has 1 fully saturated rings. The molecule has 1 N–H and O–H groups in total. The molecule has 0 saturated carbocycles. The van der Waals surface area contributed by atoms with Gasteiger partial charge in [0.05, 0.1) is 18.4 Å². The highest BCUT2D eigenvalue weighted by Gasteiger charge is 2.29. The number of hydrogen-bond acceptors (Lipinski definition) is 2. The smallest absolute Gasteiger partial charge is 0.227 e. The van der Waals surface area contributed by atoms with Crippen LogP contribution in [0.15, 0.2) is 54.6 Å². The number of halogens is 1. The van der Waals surface area contributed by atoms with Crippen molar-refractivity contribution >= 4 is 23.4 Å². The predicted octanol–water partition coefficient (Wildman–Crippen LogP) is 4.00. The minimum Gasteiger partial charge on any atom is -0.349 e. The normalized spacial score (nSPS) is 18.0. The monoisotopic (exact) mass is 384 g/mol. The third kappa shape index (κ3) is 5.33. The van der Waals surface area contributed by atoms with Crippen molar-refractivity contribution in [2.45, 2.75) is 32.2 Å². The molecule has 5 heteroatoms. The Labute approximate surface area is 165 Å². The van der Waals surface area contributed by atoms with Gasteiger partial charge in [0.2, 0.25) is 11.8 Å². The Morgan fingerprint density at radius 2 is 1.96 bits per heavy atom. The highest BCUT2D eigenvalue weighted by atomic mass is 35.5. The number of carbonyl (C=O) groups is 2. The summed E-state index contributed by atoms with van der Waals surface area (Å²) in [5.74, 6) is -0.0821. The maximum Gasteiger partial charge on any atom is 0.227 e. The Balaban J connectivity index is 1.56. The van der Waals surface area contributed by atoms with E-state index in [0.717, 1.165) is 30.5 Å². The molecule has 2 atom stereocenters. The summed E-state index contributed by atoms with van der Waals surface area (Å²) in [6.45, 7) is 3.16. The fraction of sp³-hybridized carbons (Fsp3) is 0.364. The van der Waals surface area contributed by atoms with Crippen LogP contribution < -0.4 is 5.32 Å². The van der Waals surface area contributed by atoms with E-state index < -0.39 is 0 Å². The molecule has 2 unspecified atom stereocenters. The molecule has 3 rings (SSSR count). The van der Waals surface area contributed by atoms with Crippen LogP contribution in [0.25, 0.3) is 0 Å². The standard InChI is InChI=1S/C22H25ClN2O2/c1-16(18-9-5-11-20(23)14-18)24-22(27)19-10-6-12-25(15-19)21(26)13-17-7-3-2-4-8-17/h2-5,7-9,11,14,16,19H,6,10,12-13,15H2,1H3,(H,24,27). The van der Waals surface area contributed by atoms with Gasteiger partial charge in [-0.25, -0.2) is 0 Å². The van der Waals surface area contributed by atoms with Crippen molar-refractivity contribution in [2.75, 3.05) is 13.1 Å². The maximum atomic E-state index is 12.7. The minimum atomic E-state index is -0.167. The summed E-state index contributed by atoms with van der Waals surface area (Å²) < 4.78 is 0. The van der Waals surface area contributed by atoms with E-state index in [4.69, 9.17) is 11.6 Å². The van der Waals surface area contributed by atoms with Gasteiger partial charge in [-0.15, -0.1) is 0 Å². The van der Waals surface area contributed by atoms with Gasteiger partial charge in [-0.1, -0.05) is 54.1 Å². The minimum absolute atomic E-state index is 0.000290. The molecule has 0 spiro atoms. The Hall–Kier alpha value is -2.33. The average molecular weight is 385 g/mol. The Morgan fingerprint density at radius 1 is 1.19 bits per heavy atom. The van der Waals surface area contributed by atoms with E-state index in [0.29, 0.717) is 18.0 Å². The first-order valence-electron chi connectivity index (χ1n) is 9.40. The Morgan fingerprint density at radius 3 is 2.70 bits per heavy atom. The number of benzene rings is 2. The van der Waals surface area contributed by atoms with Gasteiger partial charge in [0, 0.05) is 18.1 Å². The first kappa shape index (κ1) is 19.4. The summed E-state index contributed by atoms with van der Waals surface area (Å²) in [7, 11) is 0. The number of nitrogens with one attached hydrogen (secondary N) is 1. The summed E-state index contributed by atoms with van der Waals surface area (Å²) in [5, 5.41) is 3.72. The van der Waals surface area contributed by atoms with E-state index in [-0.39, 0.29) is 23.8 Å². The van der Waals surface area contributed by atoms with E-state index in [1.807, 2.05) is 66.4 Å². The Bertz CT molecular complexity index is 794. The van der Waals surface area contributed by atoms with Crippen LogP contribution >= 0.6 is 11.6 Å². The summed E-state index contributed by atoms with van der Waals surface area (Å²) in [5.41, 5.74) is 1.98. The van der Waals surface area contributed by atoms with E-state index >= 15 is 0 Å². The Kier molecular flexibility index (Phi) is 6.51. The number of carbonyl (C=O) groups excluding carboxylic acids is 2. The molecule has 4 nitrogen and oxygen atoms in total. The number of amides is 2. The van der Waals surface area contributed by atoms with Crippen molar-refractivity contribution < 1.29 is 9.59 Å². The molecule has 0 radical (unpaired) electrons. The van der Waals surface area contributed by atoms with E-state index in [1.165, 1.54) is 0 Å². The van der Waals surface area contributed by atoms with E-state index in [1.54, 1.807) is 0 Å². The SMILES string of the molecule is CC(NC(=O)C1CCCN(C(=O)Cc2ccccc2)C1)c1cccc(Cl)c1. The molecule has 2 aromatic rings. The molecule has 27 heavy (non-hydrogen) atoms. The quantitative estimate of drug-likeness (QED) is 0.847. The summed E-state index contributed by atoms with van der Waals surface area (Å²) in [6, 6.07) is 17.1. The molecule has 0 aliphatic carbocycles. The predicted molar refractivity (Wildman–Crippen MR) is 107 cm³/mol. The molecule has 0 aromatic heterocycles. The highest BCUT2D eigenvalue weighted by molar-refractivity contribution is 6.30. The van der Waals surface area contributed by atoms with E-state index in [9.17, 15) is 9.59 Å². The summed E-state index contributed by atoms with van der Waals surface area (Å²) in [6.07, 6.45) is 2.04. The second-order valence-electron chi connectivity index (χ2n) is 7.13. The van der Waals surface area contributed by atoms with Crippen molar-refractivity contribution in [1.82, 2.24) is 10.2 Å². The van der Waals surface area contributed by atoms with Crippen LogP contribution in [0.1, 0.15) is 36.9 Å². The van der Waals surface area contributed by atoms with Crippen LogP contribution in [-0.4, -0.2) is 29.8 Å². The van der Waals surface area contributed by atoms with Gasteiger partial charge in [-0.05, 0) is 43.0 Å². The first-order valence-corrected chi connectivity index (χ1v) is 9.78. The zero-order chi connectivity index (χ0) is 19.2. The lowest BCUT2D eigenvalue weighted by Crippen LogP contribution is -2.46. The first-order chi connectivity index (χ1) is 13.0. The molecule has 1 aliphatic rings. The zero-order valence-electron chi connectivity index (χ0n) is 15.5. The molecular weight excluding hydrogens is 360 g/mol. The number of piperidine rings is 1. The molecule has 1 saturated heterocycles. The second kappa shape index (κ2) is 9.05. The van der Waals surface area contributed by atoms with Gasteiger partial charge in [0.25, 0.3) is 0 Å². The van der Waals surface area contributed by atoms with Crippen LogP contribution in [0.2, 0.25) is 5.02 Å². The second-order valence-corrected chi connectivity index (χ2v) is 7.56. The molecule has 142 valence electrons. The summed E-state index contributed by atoms with van der Waals surface area (Å²) >= 11 is 6.04. The van der Waals surface area contributed by atoms with Gasteiger partial charge in [-0.3, -0.25) is 9.59 Å². The molecule has 1 aliphatic heterocycles. The average Bonchev–Trinajstić information content (AvgIpc) is 2.68. The molecule has 2 amide bonds. The van der Waals surface area contributed by atoms with Crippen molar-refractivity contribution in [2.24, 2.45) is 5.92 Å². The fourth-order valence-electron chi connectivity index (χ4n) is 3.49. The van der Waals surface area contributed by atoms with Crippen molar-refractivity contribution in [3.05, 3.63) is 70.7 Å². The number of rotatable bonds is 5. The van der Waals surface area contributed by atoms with Crippen LogP contribution in [0.4, 0.5) is 0 Å². The van der Waals surface area contributed by atoms with E-state index in [2.05, 4.69) is 5.32 Å². The molecular formula is C22H25ClN2O2. The van der Waals surface area contributed by atoms with Crippen LogP contribution in [0, 0.1) is 5.92 Å². The van der Waals surface area contributed by atoms with Crippen molar-refractivity contribution in [3.63, 3.8) is 0 Å². The lowest BCUT2D eigenvalue weighted by atomic mass is 9.95. The lowest BCUT2D eigenvalue weighted by molar-refractivity contribution is -0.135. The topological polar surface area (TPSA) is 49.4 Å². The fourth-order valence-corrected chi connectivity index (χ4v) is 3.69. The number of hydrogen-bond donors (Lipinski definition) is 1. The van der Waals surface area contributed by atoms with Crippen LogP contribution in [0.3, 0.4) is 0 Å². The molecule has 0 bridgehead atoms. The van der Waals surface area contributed by atoms with Crippen LogP contribution in [0.5, 0.6) is 0 Å². The zero-order valence-corrected chi connectivity index (χ0v) is 16.3. The highest BCUT2D eigenvalue weighted by Crippen LogP contribution is 2.21. The third-order valence-electron chi connectivity index (χ3n) is 5.05.